The highest BCUT2D eigenvalue weighted by Gasteiger charge is 2.54. The number of carbonyl (C=O) groups is 3. The normalized spacial score (nSPS) is 25.5. The number of halogens is 1. The number of imide groups is 1. The number of rotatable bonds is 6. The van der Waals surface area contributed by atoms with E-state index < -0.39 is 23.1 Å². The first kappa shape index (κ1) is 21.0. The lowest BCUT2D eigenvalue weighted by Gasteiger charge is -2.36. The maximum absolute atomic E-state index is 14.1. The predicted molar refractivity (Wildman–Crippen MR) is 110 cm³/mol. The average Bonchev–Trinajstić information content (AvgIpc) is 3.00. The summed E-state index contributed by atoms with van der Waals surface area (Å²) in [5, 5.41) is 2.70. The molecule has 0 unspecified atom stereocenters. The molecule has 4 rings (SSSR count). The van der Waals surface area contributed by atoms with E-state index in [9.17, 15) is 18.8 Å². The van der Waals surface area contributed by atoms with Gasteiger partial charge in [0.15, 0.2) is 5.78 Å². The Balaban J connectivity index is 1.37. The maximum Gasteiger partial charge on any atom is 0.325 e. The van der Waals surface area contributed by atoms with E-state index in [0.29, 0.717) is 17.9 Å². The van der Waals surface area contributed by atoms with Crippen LogP contribution in [0.5, 0.6) is 5.75 Å². The summed E-state index contributed by atoms with van der Waals surface area (Å²) in [6, 6.07) is 9.65. The number of alkyl halides is 1. The van der Waals surface area contributed by atoms with Gasteiger partial charge in [-0.3, -0.25) is 19.5 Å². The van der Waals surface area contributed by atoms with Crippen molar-refractivity contribution in [3.05, 3.63) is 59.9 Å². The van der Waals surface area contributed by atoms with Gasteiger partial charge in [-0.15, -0.1) is 0 Å². The zero-order valence-corrected chi connectivity index (χ0v) is 17.3. The van der Waals surface area contributed by atoms with E-state index in [2.05, 4.69) is 10.3 Å². The van der Waals surface area contributed by atoms with Gasteiger partial charge in [0.2, 0.25) is 0 Å². The van der Waals surface area contributed by atoms with Crippen LogP contribution in [-0.2, 0) is 11.4 Å². The molecular weight excluding hydrogens is 401 g/mol. The number of benzene rings is 1. The second-order valence-corrected chi connectivity index (χ2v) is 8.41. The monoisotopic (exact) mass is 425 g/mol. The largest absolute Gasteiger partial charge is 0.489 e. The minimum atomic E-state index is -1.33. The van der Waals surface area contributed by atoms with Crippen LogP contribution in [0.3, 0.4) is 0 Å². The quantitative estimate of drug-likeness (QED) is 0.566. The molecule has 1 N–H and O–H groups in total. The third kappa shape index (κ3) is 4.42. The van der Waals surface area contributed by atoms with Crippen LogP contribution in [-0.4, -0.2) is 45.4 Å². The lowest BCUT2D eigenvalue weighted by molar-refractivity contribution is -0.133. The number of nitrogens with zero attached hydrogens (tertiary/aromatic N) is 2. The Hall–Kier alpha value is -3.29. The van der Waals surface area contributed by atoms with Crippen LogP contribution in [0.4, 0.5) is 9.18 Å². The summed E-state index contributed by atoms with van der Waals surface area (Å²) in [5.41, 5.74) is -1.08. The molecule has 31 heavy (non-hydrogen) atoms. The van der Waals surface area contributed by atoms with Crippen LogP contribution in [0.1, 0.15) is 48.5 Å². The van der Waals surface area contributed by atoms with Crippen LogP contribution in [0.2, 0.25) is 0 Å². The van der Waals surface area contributed by atoms with Gasteiger partial charge in [0.25, 0.3) is 5.91 Å². The Morgan fingerprint density at radius 3 is 2.39 bits per heavy atom. The Bertz CT molecular complexity index is 982. The Morgan fingerprint density at radius 2 is 1.74 bits per heavy atom. The summed E-state index contributed by atoms with van der Waals surface area (Å²) in [4.78, 5) is 42.8. The molecular formula is C23H24FN3O4. The fourth-order valence-corrected chi connectivity index (χ4v) is 3.97. The summed E-state index contributed by atoms with van der Waals surface area (Å²) >= 11 is 0. The van der Waals surface area contributed by atoms with Gasteiger partial charge in [-0.1, -0.05) is 0 Å². The van der Waals surface area contributed by atoms with Crippen molar-refractivity contribution >= 4 is 17.7 Å². The molecule has 162 valence electrons. The Kier molecular flexibility index (Phi) is 5.47. The van der Waals surface area contributed by atoms with E-state index in [4.69, 9.17) is 4.74 Å². The van der Waals surface area contributed by atoms with Gasteiger partial charge in [-0.25, -0.2) is 9.18 Å². The summed E-state index contributed by atoms with van der Waals surface area (Å²) in [7, 11) is 0. The van der Waals surface area contributed by atoms with E-state index in [1.165, 1.54) is 6.92 Å². The van der Waals surface area contributed by atoms with Crippen molar-refractivity contribution in [2.45, 2.75) is 50.4 Å². The molecule has 0 atom stereocenters. The second-order valence-electron chi connectivity index (χ2n) is 8.41. The SMILES string of the molecule is CC1(F)CCC2(CC1)NC(=O)N(CC(=O)c1ccc(OCc3ccncc3)cc1)C2=O. The molecule has 8 heteroatoms. The van der Waals surface area contributed by atoms with Crippen molar-refractivity contribution in [1.82, 2.24) is 15.2 Å². The molecule has 2 aromatic rings. The van der Waals surface area contributed by atoms with E-state index in [1.54, 1.807) is 36.7 Å². The minimum Gasteiger partial charge on any atom is -0.489 e. The van der Waals surface area contributed by atoms with Crippen LogP contribution in [0.15, 0.2) is 48.8 Å². The Labute approximate surface area is 179 Å². The average molecular weight is 425 g/mol. The highest BCUT2D eigenvalue weighted by Crippen LogP contribution is 2.40. The number of urea groups is 1. The number of amides is 3. The van der Waals surface area contributed by atoms with Gasteiger partial charge in [-0.05, 0) is 74.6 Å². The molecule has 1 aromatic carbocycles. The third-order valence-corrected chi connectivity index (χ3v) is 6.02. The molecule has 1 aromatic heterocycles. The fraction of sp³-hybridized carbons (Fsp3) is 0.391. The van der Waals surface area contributed by atoms with Gasteiger partial charge in [0, 0.05) is 18.0 Å². The number of carbonyl (C=O) groups excluding carboxylic acids is 3. The molecule has 7 nitrogen and oxygen atoms in total. The standard InChI is InChI=1S/C23H24FN3O4/c1-22(24)8-10-23(11-9-22)20(29)27(21(30)26-23)14-19(28)17-2-4-18(5-3-17)31-15-16-6-12-25-13-7-16/h2-7,12-13H,8-11,14-15H2,1H3,(H,26,30). The lowest BCUT2D eigenvalue weighted by atomic mass is 9.75. The van der Waals surface area contributed by atoms with Crippen LogP contribution < -0.4 is 10.1 Å². The van der Waals surface area contributed by atoms with Gasteiger partial charge in [0.05, 0.1) is 6.54 Å². The minimum absolute atomic E-state index is 0.196. The lowest BCUT2D eigenvalue weighted by Crippen LogP contribution is -2.52. The van der Waals surface area contributed by atoms with Crippen molar-refractivity contribution in [3.63, 3.8) is 0 Å². The van der Waals surface area contributed by atoms with Crippen molar-refractivity contribution in [1.29, 1.82) is 0 Å². The number of hydrogen-bond acceptors (Lipinski definition) is 5. The number of hydrogen-bond donors (Lipinski definition) is 1. The van der Waals surface area contributed by atoms with Crippen molar-refractivity contribution in [3.8, 4) is 5.75 Å². The summed E-state index contributed by atoms with van der Waals surface area (Å²) < 4.78 is 19.8. The summed E-state index contributed by atoms with van der Waals surface area (Å²) in [6.07, 6.45) is 4.23. The molecule has 1 saturated heterocycles. The van der Waals surface area contributed by atoms with Crippen molar-refractivity contribution in [2.24, 2.45) is 0 Å². The smallest absolute Gasteiger partial charge is 0.325 e. The molecule has 3 amide bonds. The van der Waals surface area contributed by atoms with Crippen molar-refractivity contribution in [2.75, 3.05) is 6.54 Å². The number of aromatic nitrogens is 1. The van der Waals surface area contributed by atoms with Crippen molar-refractivity contribution < 1.29 is 23.5 Å². The molecule has 2 fully saturated rings. The highest BCUT2D eigenvalue weighted by atomic mass is 19.1. The van der Waals surface area contributed by atoms with Gasteiger partial charge >= 0.3 is 6.03 Å². The van der Waals surface area contributed by atoms with E-state index in [-0.39, 0.29) is 38.0 Å². The second kappa shape index (κ2) is 8.09. The molecule has 1 aliphatic heterocycles. The molecule has 1 spiro atoms. The molecule has 0 radical (unpaired) electrons. The molecule has 2 aliphatic rings. The Morgan fingerprint density at radius 1 is 1.10 bits per heavy atom. The number of ether oxygens (including phenoxy) is 1. The van der Waals surface area contributed by atoms with Gasteiger partial charge < -0.3 is 10.1 Å². The zero-order valence-electron chi connectivity index (χ0n) is 17.3. The first-order chi connectivity index (χ1) is 14.8. The highest BCUT2D eigenvalue weighted by molar-refractivity contribution is 6.11. The number of Topliss-reactive ketones (excluding diaryl/α,β-unsaturated/α-hetero) is 1. The number of pyridine rings is 1. The molecule has 1 saturated carbocycles. The number of nitrogens with one attached hydrogen (secondary N) is 1. The molecule has 0 bridgehead atoms. The summed E-state index contributed by atoms with van der Waals surface area (Å²) in [6.45, 7) is 1.53. The summed E-state index contributed by atoms with van der Waals surface area (Å²) in [5.74, 6) is -0.204. The van der Waals surface area contributed by atoms with Gasteiger partial charge in [-0.2, -0.15) is 0 Å². The number of ketones is 1. The fourth-order valence-electron chi connectivity index (χ4n) is 3.97. The zero-order chi connectivity index (χ0) is 22.1. The first-order valence-electron chi connectivity index (χ1n) is 10.3. The van der Waals surface area contributed by atoms with Gasteiger partial charge in [0.1, 0.15) is 23.6 Å². The topological polar surface area (TPSA) is 88.6 Å². The first-order valence-corrected chi connectivity index (χ1v) is 10.3. The molecule has 2 heterocycles. The predicted octanol–water partition coefficient (Wildman–Crippen LogP) is 3.44. The van der Waals surface area contributed by atoms with E-state index in [1.807, 2.05) is 12.1 Å². The van der Waals surface area contributed by atoms with Crippen LogP contribution in [0, 0.1) is 0 Å². The van der Waals surface area contributed by atoms with E-state index in [0.717, 1.165) is 10.5 Å². The molecule has 1 aliphatic carbocycles. The van der Waals surface area contributed by atoms with Crippen LogP contribution >= 0.6 is 0 Å². The van der Waals surface area contributed by atoms with E-state index >= 15 is 0 Å². The third-order valence-electron chi connectivity index (χ3n) is 6.02. The maximum atomic E-state index is 14.1. The van der Waals surface area contributed by atoms with Crippen LogP contribution in [0.25, 0.3) is 0 Å².